The van der Waals surface area contributed by atoms with Crippen LogP contribution in [0.5, 0.6) is 5.75 Å². The molecular weight excluding hydrogens is 438 g/mol. The molecule has 146 valence electrons. The number of aromatic nitrogens is 2. The van der Waals surface area contributed by atoms with Crippen molar-refractivity contribution < 1.29 is 19.1 Å². The summed E-state index contributed by atoms with van der Waals surface area (Å²) in [5, 5.41) is 10.5. The fourth-order valence-corrected chi connectivity index (χ4v) is 3.28. The van der Waals surface area contributed by atoms with Gasteiger partial charge in [0, 0.05) is 39.6 Å². The Bertz CT molecular complexity index is 1170. The maximum Gasteiger partial charge on any atom is 0.315 e. The summed E-state index contributed by atoms with van der Waals surface area (Å²) in [7, 11) is 2.76. The van der Waals surface area contributed by atoms with E-state index in [1.54, 1.807) is 42.9 Å². The number of nitriles is 1. The van der Waals surface area contributed by atoms with Crippen molar-refractivity contribution in [2.45, 2.75) is 6.42 Å². The molecule has 3 aromatic rings. The van der Waals surface area contributed by atoms with Gasteiger partial charge in [-0.1, -0.05) is 15.9 Å². The van der Waals surface area contributed by atoms with Gasteiger partial charge in [0.15, 0.2) is 0 Å². The van der Waals surface area contributed by atoms with Gasteiger partial charge in [-0.3, -0.25) is 19.1 Å². The van der Waals surface area contributed by atoms with Crippen molar-refractivity contribution in [2.75, 3.05) is 14.2 Å². The first-order valence-corrected chi connectivity index (χ1v) is 9.28. The zero-order chi connectivity index (χ0) is 21.0. The first-order chi connectivity index (χ1) is 14.0. The maximum absolute atomic E-state index is 12.6. The fraction of sp³-hybridized carbons (Fsp3) is 0.143. The van der Waals surface area contributed by atoms with Gasteiger partial charge in [-0.2, -0.15) is 5.26 Å². The quantitative estimate of drug-likeness (QED) is 0.328. The normalized spacial score (nSPS) is 11.2. The van der Waals surface area contributed by atoms with E-state index in [4.69, 9.17) is 4.74 Å². The molecule has 2 aromatic heterocycles. The summed E-state index contributed by atoms with van der Waals surface area (Å²) < 4.78 is 12.1. The molecule has 0 spiro atoms. The van der Waals surface area contributed by atoms with Gasteiger partial charge in [-0.25, -0.2) is 0 Å². The van der Waals surface area contributed by atoms with Gasteiger partial charge >= 0.3 is 5.97 Å². The highest BCUT2D eigenvalue weighted by atomic mass is 79.9. The molecule has 2 heterocycles. The number of pyridine rings is 1. The fourth-order valence-electron chi connectivity index (χ4n) is 2.92. The number of halogens is 1. The molecule has 0 aliphatic carbocycles. The highest BCUT2D eigenvalue weighted by molar-refractivity contribution is 9.10. The van der Waals surface area contributed by atoms with Crippen LogP contribution < -0.4 is 4.74 Å². The Morgan fingerprint density at radius 3 is 2.79 bits per heavy atom. The van der Waals surface area contributed by atoms with E-state index < -0.39 is 18.3 Å². The number of ether oxygens (including phenoxy) is 2. The molecule has 0 bridgehead atoms. The second-order valence-corrected chi connectivity index (χ2v) is 6.92. The Balaban J connectivity index is 2.19. The predicted molar refractivity (Wildman–Crippen MR) is 111 cm³/mol. The number of fused-ring (bicyclic) bond motifs is 1. The van der Waals surface area contributed by atoms with Crippen LogP contribution in [0.3, 0.4) is 0 Å². The Labute approximate surface area is 175 Å². The number of hydrogen-bond acceptors (Lipinski definition) is 6. The lowest BCUT2D eigenvalue weighted by Gasteiger charge is -2.04. The molecule has 0 atom stereocenters. The van der Waals surface area contributed by atoms with Crippen LogP contribution in [-0.2, 0) is 9.53 Å². The van der Waals surface area contributed by atoms with Crippen molar-refractivity contribution in [3.05, 3.63) is 58.5 Å². The molecule has 0 aliphatic heterocycles. The van der Waals surface area contributed by atoms with Crippen LogP contribution in [0.1, 0.15) is 22.3 Å². The number of nitrogens with zero attached hydrogens (tertiary/aromatic N) is 3. The van der Waals surface area contributed by atoms with Crippen LogP contribution in [0.25, 0.3) is 22.6 Å². The molecule has 0 N–H and O–H groups in total. The largest absolute Gasteiger partial charge is 0.496 e. The number of allylic oxidation sites excluding steroid dienone is 1. The van der Waals surface area contributed by atoms with Crippen molar-refractivity contribution in [1.29, 1.82) is 5.26 Å². The molecule has 0 fully saturated rings. The third kappa shape index (κ3) is 4.20. The molecule has 0 saturated heterocycles. The topological polar surface area (TPSA) is 94.2 Å². The molecule has 0 radical (unpaired) electrons. The molecule has 29 heavy (non-hydrogen) atoms. The average Bonchev–Trinajstić information content (AvgIpc) is 3.10. The molecule has 8 heteroatoms. The van der Waals surface area contributed by atoms with Gasteiger partial charge in [0.2, 0.25) is 5.91 Å². The summed E-state index contributed by atoms with van der Waals surface area (Å²) in [6.45, 7) is 0. The number of benzene rings is 1. The molecule has 7 nitrogen and oxygen atoms in total. The SMILES string of the molecule is COC(=O)CC(=O)n1cc(/C(C#N)=C/c2cnccc2OC)c2cc(Br)ccc21. The van der Waals surface area contributed by atoms with E-state index in [-0.39, 0.29) is 0 Å². The first-order valence-electron chi connectivity index (χ1n) is 8.49. The number of methoxy groups -OCH3 is 2. The Morgan fingerprint density at radius 1 is 1.31 bits per heavy atom. The second-order valence-electron chi connectivity index (χ2n) is 6.01. The van der Waals surface area contributed by atoms with Crippen LogP contribution in [0.2, 0.25) is 0 Å². The number of rotatable bonds is 5. The van der Waals surface area contributed by atoms with Gasteiger partial charge in [0.1, 0.15) is 12.2 Å². The van der Waals surface area contributed by atoms with Crippen LogP contribution in [0.15, 0.2) is 47.3 Å². The summed E-state index contributed by atoms with van der Waals surface area (Å²) in [6.07, 6.45) is 5.99. The number of esters is 1. The van der Waals surface area contributed by atoms with Crippen molar-refractivity contribution in [2.24, 2.45) is 0 Å². The summed E-state index contributed by atoms with van der Waals surface area (Å²) in [5.41, 5.74) is 2.08. The molecule has 0 unspecified atom stereocenters. The lowest BCUT2D eigenvalue weighted by molar-refractivity contribution is -0.139. The van der Waals surface area contributed by atoms with Crippen molar-refractivity contribution in [3.8, 4) is 11.8 Å². The molecule has 0 amide bonds. The van der Waals surface area contributed by atoms with E-state index in [1.165, 1.54) is 18.8 Å². The minimum absolute atomic E-state index is 0.323. The minimum Gasteiger partial charge on any atom is -0.496 e. The number of carbonyl (C=O) groups excluding carboxylic acids is 2. The maximum atomic E-state index is 12.6. The number of carbonyl (C=O) groups is 2. The molecule has 1 aromatic carbocycles. The Kier molecular flexibility index (Phi) is 6.10. The lowest BCUT2D eigenvalue weighted by Crippen LogP contribution is -2.15. The number of hydrogen-bond donors (Lipinski definition) is 0. The zero-order valence-electron chi connectivity index (χ0n) is 15.7. The zero-order valence-corrected chi connectivity index (χ0v) is 17.3. The predicted octanol–water partition coefficient (Wildman–Crippen LogP) is 4.07. The van der Waals surface area contributed by atoms with Crippen molar-refractivity contribution >= 4 is 50.4 Å². The van der Waals surface area contributed by atoms with Crippen LogP contribution in [-0.4, -0.2) is 35.6 Å². The van der Waals surface area contributed by atoms with E-state index >= 15 is 0 Å². The average molecular weight is 454 g/mol. The van der Waals surface area contributed by atoms with Crippen LogP contribution in [0.4, 0.5) is 0 Å². The Morgan fingerprint density at radius 2 is 2.10 bits per heavy atom. The van der Waals surface area contributed by atoms with E-state index in [0.717, 1.165) is 4.47 Å². The van der Waals surface area contributed by atoms with E-state index in [1.807, 2.05) is 6.07 Å². The summed E-state index contributed by atoms with van der Waals surface area (Å²) in [5.74, 6) is -0.516. The molecule has 3 rings (SSSR count). The third-order valence-corrected chi connectivity index (χ3v) is 4.79. The van der Waals surface area contributed by atoms with E-state index in [0.29, 0.717) is 33.4 Å². The highest BCUT2D eigenvalue weighted by Gasteiger charge is 2.19. The third-order valence-electron chi connectivity index (χ3n) is 4.30. The van der Waals surface area contributed by atoms with Crippen molar-refractivity contribution in [1.82, 2.24) is 9.55 Å². The van der Waals surface area contributed by atoms with E-state index in [9.17, 15) is 14.9 Å². The summed E-state index contributed by atoms with van der Waals surface area (Å²) in [4.78, 5) is 28.2. The van der Waals surface area contributed by atoms with Crippen molar-refractivity contribution in [3.63, 3.8) is 0 Å². The highest BCUT2D eigenvalue weighted by Crippen LogP contribution is 2.32. The smallest absolute Gasteiger partial charge is 0.315 e. The van der Waals surface area contributed by atoms with Gasteiger partial charge in [-0.15, -0.1) is 0 Å². The van der Waals surface area contributed by atoms with Gasteiger partial charge in [-0.05, 0) is 30.3 Å². The standard InChI is InChI=1S/C21H16BrN3O4/c1-28-19-5-6-24-11-14(19)7-13(10-23)17-12-25(20(26)9-21(27)29-2)18-4-3-15(22)8-16(17)18/h3-8,11-12H,9H2,1-2H3/b13-7+. The molecule has 0 aliphatic rings. The molecular formula is C21H16BrN3O4. The molecule has 0 saturated carbocycles. The van der Waals surface area contributed by atoms with Gasteiger partial charge in [0.25, 0.3) is 0 Å². The summed E-state index contributed by atoms with van der Waals surface area (Å²) in [6, 6.07) is 9.23. The van der Waals surface area contributed by atoms with E-state index in [2.05, 4.69) is 31.7 Å². The second kappa shape index (κ2) is 8.71. The monoisotopic (exact) mass is 453 g/mol. The van der Waals surface area contributed by atoms with Crippen LogP contribution >= 0.6 is 15.9 Å². The van der Waals surface area contributed by atoms with Gasteiger partial charge in [0.05, 0.1) is 31.4 Å². The summed E-state index contributed by atoms with van der Waals surface area (Å²) >= 11 is 3.42. The van der Waals surface area contributed by atoms with Crippen LogP contribution in [0, 0.1) is 11.3 Å². The lowest BCUT2D eigenvalue weighted by atomic mass is 10.0. The first kappa shape index (κ1) is 20.3. The van der Waals surface area contributed by atoms with Gasteiger partial charge < -0.3 is 9.47 Å². The Hall–Kier alpha value is -3.44. The minimum atomic E-state index is -0.633.